The molecule has 0 spiro atoms. The Balaban J connectivity index is 1.95. The van der Waals surface area contributed by atoms with Crippen molar-refractivity contribution in [2.75, 3.05) is 24.3 Å². The first-order valence-corrected chi connectivity index (χ1v) is 9.22. The summed E-state index contributed by atoms with van der Waals surface area (Å²) >= 11 is 0. The highest BCUT2D eigenvalue weighted by atomic mass is 16.1. The minimum Gasteiger partial charge on any atom is -0.378 e. The highest BCUT2D eigenvalue weighted by Crippen LogP contribution is 2.22. The molecule has 6 heteroatoms. The second-order valence-corrected chi connectivity index (χ2v) is 7.02. The predicted octanol–water partition coefficient (Wildman–Crippen LogP) is 4.09. The lowest BCUT2D eigenvalue weighted by molar-refractivity contribution is 0.0938. The zero-order chi connectivity index (χ0) is 20.1. The smallest absolute Gasteiger partial charge is 0.270 e. The minimum atomic E-state index is -0.222. The molecule has 2 aromatic carbocycles. The van der Waals surface area contributed by atoms with Gasteiger partial charge >= 0.3 is 0 Å². The average Bonchev–Trinajstić information content (AvgIpc) is 2.68. The van der Waals surface area contributed by atoms with Gasteiger partial charge in [0.1, 0.15) is 11.5 Å². The lowest BCUT2D eigenvalue weighted by atomic mass is 10.2. The largest absolute Gasteiger partial charge is 0.378 e. The van der Waals surface area contributed by atoms with Gasteiger partial charge in [-0.15, -0.1) is 0 Å². The van der Waals surface area contributed by atoms with Crippen molar-refractivity contribution in [1.29, 1.82) is 0 Å². The van der Waals surface area contributed by atoms with E-state index >= 15 is 0 Å². The van der Waals surface area contributed by atoms with E-state index in [1.807, 2.05) is 87.4 Å². The number of nitrogens with one attached hydrogen (secondary N) is 2. The third-order valence-electron chi connectivity index (χ3n) is 4.07. The Labute approximate surface area is 165 Å². The van der Waals surface area contributed by atoms with Gasteiger partial charge in [0.2, 0.25) is 0 Å². The summed E-state index contributed by atoms with van der Waals surface area (Å²) in [6, 6.07) is 19.3. The van der Waals surface area contributed by atoms with Crippen LogP contribution >= 0.6 is 0 Å². The van der Waals surface area contributed by atoms with Crippen LogP contribution in [0.3, 0.4) is 0 Å². The first-order chi connectivity index (χ1) is 13.4. The fourth-order valence-corrected chi connectivity index (χ4v) is 2.67. The Kier molecular flexibility index (Phi) is 5.89. The predicted molar refractivity (Wildman–Crippen MR) is 114 cm³/mol. The molecule has 3 aromatic rings. The molecule has 0 aliphatic rings. The van der Waals surface area contributed by atoms with Gasteiger partial charge in [0, 0.05) is 43.1 Å². The van der Waals surface area contributed by atoms with Crippen molar-refractivity contribution < 1.29 is 4.79 Å². The molecule has 1 aromatic heterocycles. The summed E-state index contributed by atoms with van der Waals surface area (Å²) in [7, 11) is 4.00. The molecule has 0 saturated carbocycles. The van der Waals surface area contributed by atoms with E-state index in [-0.39, 0.29) is 11.9 Å². The van der Waals surface area contributed by atoms with Gasteiger partial charge in [-0.05, 0) is 38.1 Å². The topological polar surface area (TPSA) is 70.2 Å². The van der Waals surface area contributed by atoms with E-state index in [4.69, 9.17) is 0 Å². The van der Waals surface area contributed by atoms with E-state index in [1.54, 1.807) is 6.07 Å². The molecule has 0 atom stereocenters. The van der Waals surface area contributed by atoms with E-state index in [2.05, 4.69) is 20.6 Å². The Morgan fingerprint density at radius 1 is 0.964 bits per heavy atom. The van der Waals surface area contributed by atoms with E-state index in [9.17, 15) is 4.79 Å². The zero-order valence-electron chi connectivity index (χ0n) is 16.6. The molecule has 0 fully saturated rings. The molecular formula is C22H25N5O. The van der Waals surface area contributed by atoms with Gasteiger partial charge in [-0.1, -0.05) is 30.3 Å². The van der Waals surface area contributed by atoms with E-state index in [1.165, 1.54) is 0 Å². The zero-order valence-corrected chi connectivity index (χ0v) is 16.6. The van der Waals surface area contributed by atoms with Crippen LogP contribution in [0.25, 0.3) is 11.4 Å². The van der Waals surface area contributed by atoms with Gasteiger partial charge in [0.15, 0.2) is 5.82 Å². The second-order valence-electron chi connectivity index (χ2n) is 7.02. The van der Waals surface area contributed by atoms with Crippen molar-refractivity contribution >= 4 is 23.1 Å². The Hall–Kier alpha value is -3.41. The van der Waals surface area contributed by atoms with Crippen LogP contribution in [-0.2, 0) is 0 Å². The summed E-state index contributed by atoms with van der Waals surface area (Å²) in [5, 5.41) is 6.17. The molecule has 0 saturated heterocycles. The number of hydrogen-bond donors (Lipinski definition) is 2. The van der Waals surface area contributed by atoms with Crippen molar-refractivity contribution in [2.45, 2.75) is 19.9 Å². The van der Waals surface area contributed by atoms with Crippen LogP contribution in [0, 0.1) is 0 Å². The molecule has 0 radical (unpaired) electrons. The van der Waals surface area contributed by atoms with Gasteiger partial charge in [-0.25, -0.2) is 9.97 Å². The van der Waals surface area contributed by atoms with E-state index in [0.717, 1.165) is 16.9 Å². The molecule has 6 nitrogen and oxygen atoms in total. The molecule has 0 aliphatic carbocycles. The first-order valence-electron chi connectivity index (χ1n) is 9.22. The summed E-state index contributed by atoms with van der Waals surface area (Å²) in [5.74, 6) is 0.852. The SMILES string of the molecule is CC(C)NC(=O)c1cc(Nc2ccc(N(C)C)cc2)nc(-c2ccccc2)n1. The van der Waals surface area contributed by atoms with Crippen LogP contribution in [0.1, 0.15) is 24.3 Å². The molecule has 0 unspecified atom stereocenters. The molecule has 2 N–H and O–H groups in total. The normalized spacial score (nSPS) is 10.6. The third-order valence-corrected chi connectivity index (χ3v) is 4.07. The van der Waals surface area contributed by atoms with Crippen molar-refractivity contribution in [3.05, 3.63) is 66.4 Å². The van der Waals surface area contributed by atoms with Gasteiger partial charge in [0.25, 0.3) is 5.91 Å². The number of amides is 1. The monoisotopic (exact) mass is 375 g/mol. The molecule has 0 bridgehead atoms. The Morgan fingerprint density at radius 2 is 1.64 bits per heavy atom. The maximum atomic E-state index is 12.5. The fourth-order valence-electron chi connectivity index (χ4n) is 2.67. The van der Waals surface area contributed by atoms with Gasteiger partial charge in [0.05, 0.1) is 0 Å². The fraction of sp³-hybridized carbons (Fsp3) is 0.227. The number of carbonyl (C=O) groups is 1. The van der Waals surface area contributed by atoms with Crippen molar-refractivity contribution in [1.82, 2.24) is 15.3 Å². The van der Waals surface area contributed by atoms with Crippen molar-refractivity contribution in [3.8, 4) is 11.4 Å². The molecule has 3 rings (SSSR count). The van der Waals surface area contributed by atoms with E-state index < -0.39 is 0 Å². The summed E-state index contributed by atoms with van der Waals surface area (Å²) < 4.78 is 0. The quantitative estimate of drug-likeness (QED) is 0.679. The molecule has 1 heterocycles. The summed E-state index contributed by atoms with van der Waals surface area (Å²) in [4.78, 5) is 23.6. The highest BCUT2D eigenvalue weighted by Gasteiger charge is 2.14. The first kappa shape index (κ1) is 19.4. The number of hydrogen-bond acceptors (Lipinski definition) is 5. The Morgan fingerprint density at radius 3 is 2.25 bits per heavy atom. The number of anilines is 3. The number of nitrogens with zero attached hydrogens (tertiary/aromatic N) is 3. The maximum Gasteiger partial charge on any atom is 0.270 e. The number of carbonyl (C=O) groups excluding carboxylic acids is 1. The highest BCUT2D eigenvalue weighted by molar-refractivity contribution is 5.93. The Bertz CT molecular complexity index is 937. The number of rotatable bonds is 6. The van der Waals surface area contributed by atoms with Gasteiger partial charge in [-0.2, -0.15) is 0 Å². The molecule has 144 valence electrons. The van der Waals surface area contributed by atoms with Crippen LogP contribution in [-0.4, -0.2) is 36.0 Å². The van der Waals surface area contributed by atoms with Gasteiger partial charge in [-0.3, -0.25) is 4.79 Å². The number of aromatic nitrogens is 2. The number of benzene rings is 2. The summed E-state index contributed by atoms with van der Waals surface area (Å²) in [6.07, 6.45) is 0. The van der Waals surface area contributed by atoms with Crippen molar-refractivity contribution in [3.63, 3.8) is 0 Å². The van der Waals surface area contributed by atoms with Crippen LogP contribution < -0.4 is 15.5 Å². The molecule has 1 amide bonds. The second kappa shape index (κ2) is 8.52. The molecular weight excluding hydrogens is 350 g/mol. The van der Waals surface area contributed by atoms with Crippen molar-refractivity contribution in [2.24, 2.45) is 0 Å². The lowest BCUT2D eigenvalue weighted by Crippen LogP contribution is -2.31. The van der Waals surface area contributed by atoms with Crippen LogP contribution in [0.15, 0.2) is 60.7 Å². The average molecular weight is 375 g/mol. The van der Waals surface area contributed by atoms with Gasteiger partial charge < -0.3 is 15.5 Å². The molecule has 28 heavy (non-hydrogen) atoms. The maximum absolute atomic E-state index is 12.5. The van der Waals surface area contributed by atoms with Crippen LogP contribution in [0.4, 0.5) is 17.2 Å². The third kappa shape index (κ3) is 4.85. The minimum absolute atomic E-state index is 0.0256. The summed E-state index contributed by atoms with van der Waals surface area (Å²) in [5.41, 5.74) is 3.18. The lowest BCUT2D eigenvalue weighted by Gasteiger charge is -2.14. The van der Waals surface area contributed by atoms with Crippen LogP contribution in [0.2, 0.25) is 0 Å². The summed E-state index contributed by atoms with van der Waals surface area (Å²) in [6.45, 7) is 3.84. The van der Waals surface area contributed by atoms with E-state index in [0.29, 0.717) is 17.3 Å². The standard InChI is InChI=1S/C22H25N5O/c1-15(2)23-22(28)19-14-20(24-17-10-12-18(13-11-17)27(3)4)26-21(25-19)16-8-6-5-7-9-16/h5-15H,1-4H3,(H,23,28)(H,24,25,26). The molecule has 0 aliphatic heterocycles. The van der Waals surface area contributed by atoms with Crippen LogP contribution in [0.5, 0.6) is 0 Å².